The van der Waals surface area contributed by atoms with Crippen molar-refractivity contribution in [2.75, 3.05) is 13.1 Å². The average molecular weight is 289 g/mol. The molecule has 0 radical (unpaired) electrons. The van der Waals surface area contributed by atoms with E-state index >= 15 is 0 Å². The zero-order chi connectivity index (χ0) is 15.2. The molecule has 0 unspecified atom stereocenters. The lowest BCUT2D eigenvalue weighted by Crippen LogP contribution is -2.39. The largest absolute Gasteiger partial charge is 0.378 e. The summed E-state index contributed by atoms with van der Waals surface area (Å²) in [6.07, 6.45) is 0.547. The fourth-order valence-electron chi connectivity index (χ4n) is 2.39. The van der Waals surface area contributed by atoms with E-state index in [1.807, 2.05) is 6.07 Å². The van der Waals surface area contributed by atoms with E-state index in [-0.39, 0.29) is 0 Å². The van der Waals surface area contributed by atoms with Crippen LogP contribution in [0.25, 0.3) is 0 Å². The zero-order valence-electron chi connectivity index (χ0n) is 12.6. The van der Waals surface area contributed by atoms with E-state index < -0.39 is 12.0 Å². The molecule has 21 heavy (non-hydrogen) atoms. The number of nitrogens with one attached hydrogen (secondary N) is 1. The van der Waals surface area contributed by atoms with Crippen LogP contribution in [0, 0.1) is 0 Å². The van der Waals surface area contributed by atoms with Gasteiger partial charge in [0.05, 0.1) is 0 Å². The predicted octanol–water partition coefficient (Wildman–Crippen LogP) is 1.70. The Kier molecular flexibility index (Phi) is 5.47. The summed E-state index contributed by atoms with van der Waals surface area (Å²) < 4.78 is 0. The SMILES string of the molecule is CC(C)N1CCC(=NNC(=O)[C@@H](O)c2ccccc2)CC1. The van der Waals surface area contributed by atoms with Crippen molar-refractivity contribution in [2.24, 2.45) is 5.10 Å². The molecule has 1 atom stereocenters. The number of aliphatic hydroxyl groups is 1. The maximum atomic E-state index is 11.9. The molecule has 0 aliphatic carbocycles. The Balaban J connectivity index is 1.85. The highest BCUT2D eigenvalue weighted by molar-refractivity contribution is 5.88. The number of likely N-dealkylation sites (tertiary alicyclic amines) is 1. The number of hydrazone groups is 1. The highest BCUT2D eigenvalue weighted by Crippen LogP contribution is 2.13. The first-order valence-corrected chi connectivity index (χ1v) is 7.40. The lowest BCUT2D eigenvalue weighted by atomic mass is 10.1. The van der Waals surface area contributed by atoms with Crippen LogP contribution in [0.1, 0.15) is 38.4 Å². The Morgan fingerprint density at radius 3 is 2.43 bits per heavy atom. The number of benzene rings is 1. The summed E-state index contributed by atoms with van der Waals surface area (Å²) in [5.74, 6) is -0.486. The zero-order valence-corrected chi connectivity index (χ0v) is 12.6. The standard InChI is InChI=1S/C16H23N3O2/c1-12(2)19-10-8-14(9-11-19)17-18-16(21)15(20)13-6-4-3-5-7-13/h3-7,12,15,20H,8-11H2,1-2H3,(H,18,21)/t15-/m0/s1. The van der Waals surface area contributed by atoms with Crippen LogP contribution in [0.5, 0.6) is 0 Å². The van der Waals surface area contributed by atoms with Crippen LogP contribution in [-0.2, 0) is 4.79 Å². The molecule has 1 fully saturated rings. The van der Waals surface area contributed by atoms with Crippen molar-refractivity contribution in [3.05, 3.63) is 35.9 Å². The van der Waals surface area contributed by atoms with Gasteiger partial charge >= 0.3 is 0 Å². The fourth-order valence-corrected chi connectivity index (χ4v) is 2.39. The van der Waals surface area contributed by atoms with Gasteiger partial charge in [0.1, 0.15) is 0 Å². The van der Waals surface area contributed by atoms with Gasteiger partial charge < -0.3 is 10.0 Å². The molecule has 0 bridgehead atoms. The molecule has 1 aromatic rings. The normalized spacial score (nSPS) is 17.6. The smallest absolute Gasteiger partial charge is 0.273 e. The maximum absolute atomic E-state index is 11.9. The third-order valence-electron chi connectivity index (χ3n) is 3.79. The van der Waals surface area contributed by atoms with Gasteiger partial charge in [-0.15, -0.1) is 0 Å². The summed E-state index contributed by atoms with van der Waals surface area (Å²) in [6, 6.07) is 9.41. The van der Waals surface area contributed by atoms with Gasteiger partial charge in [0.25, 0.3) is 5.91 Å². The van der Waals surface area contributed by atoms with Gasteiger partial charge in [-0.2, -0.15) is 5.10 Å². The molecule has 0 aromatic heterocycles. The first-order valence-electron chi connectivity index (χ1n) is 7.40. The molecule has 114 valence electrons. The van der Waals surface area contributed by atoms with Crippen molar-refractivity contribution in [1.82, 2.24) is 10.3 Å². The van der Waals surface area contributed by atoms with Gasteiger partial charge in [-0.05, 0) is 19.4 Å². The second-order valence-electron chi connectivity index (χ2n) is 5.60. The fraction of sp³-hybridized carbons (Fsp3) is 0.500. The number of rotatable bonds is 4. The molecule has 1 aliphatic heterocycles. The molecule has 5 heteroatoms. The summed E-state index contributed by atoms with van der Waals surface area (Å²) in [5.41, 5.74) is 4.04. The maximum Gasteiger partial charge on any atom is 0.273 e. The minimum absolute atomic E-state index is 0.486. The lowest BCUT2D eigenvalue weighted by Gasteiger charge is -2.30. The average Bonchev–Trinajstić information content (AvgIpc) is 2.53. The van der Waals surface area contributed by atoms with Crippen molar-refractivity contribution in [2.45, 2.75) is 38.8 Å². The van der Waals surface area contributed by atoms with E-state index in [9.17, 15) is 9.90 Å². The van der Waals surface area contributed by atoms with Crippen LogP contribution in [-0.4, -0.2) is 40.8 Å². The molecule has 1 heterocycles. The van der Waals surface area contributed by atoms with Crippen molar-refractivity contribution in [1.29, 1.82) is 0 Å². The molecule has 1 aromatic carbocycles. The summed E-state index contributed by atoms with van der Waals surface area (Å²) in [5, 5.41) is 14.1. The minimum Gasteiger partial charge on any atom is -0.378 e. The number of piperidine rings is 1. The molecule has 2 rings (SSSR count). The molecule has 5 nitrogen and oxygen atoms in total. The molecule has 1 saturated heterocycles. The number of nitrogens with zero attached hydrogens (tertiary/aromatic N) is 2. The Labute approximate surface area is 125 Å². The van der Waals surface area contributed by atoms with E-state index in [2.05, 4.69) is 29.3 Å². The summed E-state index contributed by atoms with van der Waals surface area (Å²) in [4.78, 5) is 14.3. The first kappa shape index (κ1) is 15.7. The minimum atomic E-state index is -1.17. The van der Waals surface area contributed by atoms with Crippen LogP contribution in [0.4, 0.5) is 0 Å². The molecule has 1 amide bonds. The van der Waals surface area contributed by atoms with E-state index in [4.69, 9.17) is 0 Å². The number of hydrogen-bond donors (Lipinski definition) is 2. The van der Waals surface area contributed by atoms with Crippen molar-refractivity contribution in [3.8, 4) is 0 Å². The molecular weight excluding hydrogens is 266 g/mol. The quantitative estimate of drug-likeness (QED) is 0.829. The van der Waals surface area contributed by atoms with Gasteiger partial charge in [-0.3, -0.25) is 4.79 Å². The van der Waals surface area contributed by atoms with E-state index in [0.717, 1.165) is 31.6 Å². The van der Waals surface area contributed by atoms with E-state index in [1.165, 1.54) is 0 Å². The highest BCUT2D eigenvalue weighted by Gasteiger charge is 2.19. The third kappa shape index (κ3) is 4.37. The van der Waals surface area contributed by atoms with Gasteiger partial charge in [0, 0.05) is 37.7 Å². The summed E-state index contributed by atoms with van der Waals surface area (Å²) >= 11 is 0. The molecule has 2 N–H and O–H groups in total. The number of aliphatic hydroxyl groups excluding tert-OH is 1. The van der Waals surface area contributed by atoms with Crippen LogP contribution < -0.4 is 5.43 Å². The number of hydrogen-bond acceptors (Lipinski definition) is 4. The van der Waals surface area contributed by atoms with Gasteiger partial charge in [-0.1, -0.05) is 30.3 Å². The van der Waals surface area contributed by atoms with Gasteiger partial charge in [0.15, 0.2) is 6.10 Å². The van der Waals surface area contributed by atoms with Crippen molar-refractivity contribution < 1.29 is 9.90 Å². The second kappa shape index (κ2) is 7.33. The molecule has 0 saturated carbocycles. The van der Waals surface area contributed by atoms with Crippen molar-refractivity contribution >= 4 is 11.6 Å². The number of carbonyl (C=O) groups excluding carboxylic acids is 1. The second-order valence-corrected chi connectivity index (χ2v) is 5.60. The number of carbonyl (C=O) groups is 1. The van der Waals surface area contributed by atoms with Gasteiger partial charge in [0.2, 0.25) is 0 Å². The summed E-state index contributed by atoms with van der Waals surface area (Å²) in [7, 11) is 0. The Hall–Kier alpha value is -1.72. The molecule has 1 aliphatic rings. The first-order chi connectivity index (χ1) is 10.1. The van der Waals surface area contributed by atoms with E-state index in [0.29, 0.717) is 11.6 Å². The Morgan fingerprint density at radius 1 is 1.24 bits per heavy atom. The Morgan fingerprint density at radius 2 is 1.86 bits per heavy atom. The molecule has 0 spiro atoms. The summed E-state index contributed by atoms with van der Waals surface area (Å²) in [6.45, 7) is 6.29. The predicted molar refractivity (Wildman–Crippen MR) is 82.9 cm³/mol. The van der Waals surface area contributed by atoms with Gasteiger partial charge in [-0.25, -0.2) is 5.43 Å². The van der Waals surface area contributed by atoms with Crippen LogP contribution in [0.3, 0.4) is 0 Å². The molecular formula is C16H23N3O2. The Bertz CT molecular complexity index is 490. The van der Waals surface area contributed by atoms with Crippen LogP contribution in [0.15, 0.2) is 35.4 Å². The third-order valence-corrected chi connectivity index (χ3v) is 3.79. The van der Waals surface area contributed by atoms with Crippen molar-refractivity contribution in [3.63, 3.8) is 0 Å². The van der Waals surface area contributed by atoms with Crippen LogP contribution in [0.2, 0.25) is 0 Å². The van der Waals surface area contributed by atoms with E-state index in [1.54, 1.807) is 24.3 Å². The number of amides is 1. The highest BCUT2D eigenvalue weighted by atomic mass is 16.3. The lowest BCUT2D eigenvalue weighted by molar-refractivity contribution is -0.129. The monoisotopic (exact) mass is 289 g/mol. The topological polar surface area (TPSA) is 64.9 Å². The van der Waals surface area contributed by atoms with Crippen LogP contribution >= 0.6 is 0 Å².